The third-order valence-corrected chi connectivity index (χ3v) is 5.01. The van der Waals surface area contributed by atoms with Crippen molar-refractivity contribution in [3.63, 3.8) is 0 Å². The van der Waals surface area contributed by atoms with Gasteiger partial charge in [0.25, 0.3) is 5.91 Å². The highest BCUT2D eigenvalue weighted by molar-refractivity contribution is 7.13. The van der Waals surface area contributed by atoms with Gasteiger partial charge in [-0.1, -0.05) is 39.0 Å². The maximum absolute atomic E-state index is 12.6. The molecule has 0 fully saturated rings. The summed E-state index contributed by atoms with van der Waals surface area (Å²) in [5.41, 5.74) is 1.85. The van der Waals surface area contributed by atoms with Crippen molar-refractivity contribution in [2.24, 2.45) is 5.41 Å². The van der Waals surface area contributed by atoms with Gasteiger partial charge in [0.05, 0.1) is 12.7 Å². The fourth-order valence-corrected chi connectivity index (χ4v) is 3.34. The molecule has 0 aliphatic carbocycles. The first kappa shape index (κ1) is 20.5. The van der Waals surface area contributed by atoms with E-state index in [0.29, 0.717) is 27.8 Å². The molecule has 0 aliphatic heterocycles. The molecule has 0 spiro atoms. The van der Waals surface area contributed by atoms with Crippen LogP contribution < -0.4 is 15.4 Å². The molecule has 0 saturated heterocycles. The lowest BCUT2D eigenvalue weighted by Gasteiger charge is -2.18. The van der Waals surface area contributed by atoms with Gasteiger partial charge in [0.15, 0.2) is 0 Å². The summed E-state index contributed by atoms with van der Waals surface area (Å²) < 4.78 is 5.37. The van der Waals surface area contributed by atoms with Gasteiger partial charge in [0.1, 0.15) is 16.5 Å². The molecule has 0 unspecified atom stereocenters. The largest absolute Gasteiger partial charge is 0.496 e. The maximum Gasteiger partial charge on any atom is 0.275 e. The lowest BCUT2D eigenvalue weighted by atomic mass is 9.95. The third kappa shape index (κ3) is 5.00. The van der Waals surface area contributed by atoms with E-state index in [4.69, 9.17) is 4.74 Å². The summed E-state index contributed by atoms with van der Waals surface area (Å²) in [5, 5.41) is 8.10. The van der Waals surface area contributed by atoms with Crippen LogP contribution in [0, 0.1) is 5.41 Å². The number of hydrogen-bond donors (Lipinski definition) is 2. The van der Waals surface area contributed by atoms with Crippen molar-refractivity contribution in [2.75, 3.05) is 17.7 Å². The average molecular weight is 410 g/mol. The molecule has 0 radical (unpaired) electrons. The number of ether oxygens (including phenoxy) is 1. The van der Waals surface area contributed by atoms with Gasteiger partial charge in [-0.25, -0.2) is 4.98 Å². The normalized spacial score (nSPS) is 11.0. The molecule has 2 aromatic carbocycles. The van der Waals surface area contributed by atoms with Gasteiger partial charge in [-0.2, -0.15) is 0 Å². The number of nitrogens with zero attached hydrogens (tertiary/aromatic N) is 1. The van der Waals surface area contributed by atoms with Crippen molar-refractivity contribution < 1.29 is 14.3 Å². The molecule has 2 N–H and O–H groups in total. The van der Waals surface area contributed by atoms with E-state index in [1.54, 1.807) is 36.8 Å². The summed E-state index contributed by atoms with van der Waals surface area (Å²) in [7, 11) is 1.60. The Morgan fingerprint density at radius 1 is 1.00 bits per heavy atom. The maximum atomic E-state index is 12.6. The third-order valence-electron chi connectivity index (χ3n) is 4.13. The summed E-state index contributed by atoms with van der Waals surface area (Å²) in [6.45, 7) is 5.53. The number of thiazole rings is 1. The molecule has 0 bridgehead atoms. The van der Waals surface area contributed by atoms with E-state index in [-0.39, 0.29) is 11.8 Å². The van der Waals surface area contributed by atoms with Crippen molar-refractivity contribution in [2.45, 2.75) is 20.8 Å². The minimum Gasteiger partial charge on any atom is -0.496 e. The molecule has 150 valence electrons. The van der Waals surface area contributed by atoms with Crippen molar-refractivity contribution in [1.29, 1.82) is 0 Å². The average Bonchev–Trinajstić information content (AvgIpc) is 3.17. The summed E-state index contributed by atoms with van der Waals surface area (Å²) in [4.78, 5) is 29.2. The molecule has 3 rings (SSSR count). The number of rotatable bonds is 5. The molecule has 1 aromatic heterocycles. The summed E-state index contributed by atoms with van der Waals surface area (Å²) >= 11 is 1.38. The molecule has 3 aromatic rings. The van der Waals surface area contributed by atoms with E-state index in [1.165, 1.54) is 11.3 Å². The second-order valence-electron chi connectivity index (χ2n) is 7.48. The SMILES string of the molecule is COc1ccccc1-c1nc(C(=O)Nc2cccc(NC(=O)C(C)(C)C)c2)cs1. The van der Waals surface area contributed by atoms with E-state index < -0.39 is 5.41 Å². The number of para-hydroxylation sites is 1. The van der Waals surface area contributed by atoms with Crippen LogP contribution >= 0.6 is 11.3 Å². The first-order valence-electron chi connectivity index (χ1n) is 9.10. The quantitative estimate of drug-likeness (QED) is 0.617. The standard InChI is InChI=1S/C22H23N3O3S/c1-22(2,3)21(27)24-15-9-7-8-14(12-15)23-19(26)17-13-29-20(25-17)16-10-5-6-11-18(16)28-4/h5-13H,1-4H3,(H,23,26)(H,24,27). The first-order valence-corrected chi connectivity index (χ1v) is 9.97. The number of hydrogen-bond acceptors (Lipinski definition) is 5. The molecule has 1 heterocycles. The fraction of sp³-hybridized carbons (Fsp3) is 0.227. The number of aromatic nitrogens is 1. The Bertz CT molecular complexity index is 1040. The van der Waals surface area contributed by atoms with Crippen LogP contribution in [-0.4, -0.2) is 23.9 Å². The van der Waals surface area contributed by atoms with Crippen molar-refractivity contribution in [1.82, 2.24) is 4.98 Å². The van der Waals surface area contributed by atoms with Crippen LogP contribution in [0.15, 0.2) is 53.9 Å². The highest BCUT2D eigenvalue weighted by Gasteiger charge is 2.21. The molecular formula is C22H23N3O3S. The number of methoxy groups -OCH3 is 1. The Hall–Kier alpha value is -3.19. The van der Waals surface area contributed by atoms with Crippen LogP contribution in [0.25, 0.3) is 10.6 Å². The van der Waals surface area contributed by atoms with Gasteiger partial charge in [-0.05, 0) is 30.3 Å². The fourth-order valence-electron chi connectivity index (χ4n) is 2.51. The number of carbonyl (C=O) groups is 2. The van der Waals surface area contributed by atoms with Crippen molar-refractivity contribution in [3.05, 3.63) is 59.6 Å². The summed E-state index contributed by atoms with van der Waals surface area (Å²) in [6.07, 6.45) is 0. The topological polar surface area (TPSA) is 80.3 Å². The zero-order valence-electron chi connectivity index (χ0n) is 16.8. The number of nitrogens with one attached hydrogen (secondary N) is 2. The molecule has 2 amide bonds. The molecule has 0 aliphatic rings. The Labute approximate surface area is 173 Å². The van der Waals surface area contributed by atoms with E-state index in [0.717, 1.165) is 5.56 Å². The molecular weight excluding hydrogens is 386 g/mol. The summed E-state index contributed by atoms with van der Waals surface area (Å²) in [6, 6.07) is 14.6. The van der Waals surface area contributed by atoms with Crippen LogP contribution in [0.2, 0.25) is 0 Å². The number of benzene rings is 2. The van der Waals surface area contributed by atoms with Gasteiger partial charge < -0.3 is 15.4 Å². The van der Waals surface area contributed by atoms with Crippen LogP contribution in [-0.2, 0) is 4.79 Å². The zero-order valence-corrected chi connectivity index (χ0v) is 17.6. The van der Waals surface area contributed by atoms with Gasteiger partial charge in [-0.15, -0.1) is 11.3 Å². The molecule has 7 heteroatoms. The van der Waals surface area contributed by atoms with Crippen LogP contribution in [0.3, 0.4) is 0 Å². The Morgan fingerprint density at radius 2 is 1.69 bits per heavy atom. The van der Waals surface area contributed by atoms with E-state index in [9.17, 15) is 9.59 Å². The second-order valence-corrected chi connectivity index (χ2v) is 8.34. The van der Waals surface area contributed by atoms with Crippen LogP contribution in [0.4, 0.5) is 11.4 Å². The number of amides is 2. The van der Waals surface area contributed by atoms with E-state index in [1.807, 2.05) is 45.0 Å². The van der Waals surface area contributed by atoms with Crippen LogP contribution in [0.5, 0.6) is 5.75 Å². The van der Waals surface area contributed by atoms with Gasteiger partial charge >= 0.3 is 0 Å². The second kappa shape index (κ2) is 8.45. The Balaban J connectivity index is 1.74. The molecule has 0 atom stereocenters. The van der Waals surface area contributed by atoms with E-state index in [2.05, 4.69) is 15.6 Å². The van der Waals surface area contributed by atoms with Crippen molar-refractivity contribution >= 4 is 34.5 Å². The monoisotopic (exact) mass is 409 g/mol. The first-order chi connectivity index (χ1) is 13.8. The summed E-state index contributed by atoms with van der Waals surface area (Å²) in [5.74, 6) is 0.291. The van der Waals surface area contributed by atoms with Crippen LogP contribution in [0.1, 0.15) is 31.3 Å². The molecule has 6 nitrogen and oxygen atoms in total. The molecule has 0 saturated carbocycles. The van der Waals surface area contributed by atoms with Gasteiger partial charge in [0, 0.05) is 22.2 Å². The predicted molar refractivity (Wildman–Crippen MR) is 117 cm³/mol. The highest BCUT2D eigenvalue weighted by atomic mass is 32.1. The Kier molecular flexibility index (Phi) is 5.98. The smallest absolute Gasteiger partial charge is 0.275 e. The van der Waals surface area contributed by atoms with Gasteiger partial charge in [-0.3, -0.25) is 9.59 Å². The predicted octanol–water partition coefficient (Wildman–Crippen LogP) is 5.06. The lowest BCUT2D eigenvalue weighted by Crippen LogP contribution is -2.27. The Morgan fingerprint density at radius 3 is 2.38 bits per heavy atom. The van der Waals surface area contributed by atoms with Crippen molar-refractivity contribution in [3.8, 4) is 16.3 Å². The number of carbonyl (C=O) groups excluding carboxylic acids is 2. The molecule has 29 heavy (non-hydrogen) atoms. The number of anilines is 2. The lowest BCUT2D eigenvalue weighted by molar-refractivity contribution is -0.123. The zero-order chi connectivity index (χ0) is 21.0. The minimum absolute atomic E-state index is 0.0954. The highest BCUT2D eigenvalue weighted by Crippen LogP contribution is 2.32. The van der Waals surface area contributed by atoms with Gasteiger partial charge in [0.2, 0.25) is 5.91 Å². The minimum atomic E-state index is -0.505. The van der Waals surface area contributed by atoms with E-state index >= 15 is 0 Å².